The summed E-state index contributed by atoms with van der Waals surface area (Å²) in [7, 11) is 2.55. The number of Topliss-reactive ketones (excluding diaryl/α,β-unsaturated/α-hetero) is 1. The second kappa shape index (κ2) is 9.51. The Hall–Kier alpha value is -3.87. The molecule has 2 aromatic carbocycles. The van der Waals surface area contributed by atoms with Crippen LogP contribution in [0.3, 0.4) is 0 Å². The van der Waals surface area contributed by atoms with Crippen LogP contribution < -0.4 is 9.64 Å². The first kappa shape index (κ1) is 22.8. The predicted octanol–water partition coefficient (Wildman–Crippen LogP) is 3.73. The molecule has 32 heavy (non-hydrogen) atoms. The van der Waals surface area contributed by atoms with Crippen molar-refractivity contribution in [3.05, 3.63) is 76.1 Å². The fourth-order valence-corrected chi connectivity index (χ4v) is 3.59. The van der Waals surface area contributed by atoms with Crippen LogP contribution in [0.5, 0.6) is 5.75 Å². The molecule has 166 valence electrons. The summed E-state index contributed by atoms with van der Waals surface area (Å²) in [5.41, 5.74) is 4.46. The monoisotopic (exact) mass is 435 g/mol. The van der Waals surface area contributed by atoms with Gasteiger partial charge in [-0.15, -0.1) is 0 Å². The maximum Gasteiger partial charge on any atom is 0.343 e. The Balaban J connectivity index is 2.00. The van der Waals surface area contributed by atoms with Crippen molar-refractivity contribution in [1.29, 1.82) is 0 Å². The van der Waals surface area contributed by atoms with Gasteiger partial charge in [-0.2, -0.15) is 0 Å². The van der Waals surface area contributed by atoms with Gasteiger partial charge in [0.1, 0.15) is 11.3 Å². The van der Waals surface area contributed by atoms with E-state index in [1.54, 1.807) is 42.2 Å². The van der Waals surface area contributed by atoms with Crippen molar-refractivity contribution in [1.82, 2.24) is 0 Å². The third kappa shape index (κ3) is 4.72. The minimum atomic E-state index is -0.670. The molecule has 0 saturated carbocycles. The van der Waals surface area contributed by atoms with Gasteiger partial charge >= 0.3 is 11.9 Å². The number of nitrogens with zero attached hydrogens (tertiary/aromatic N) is 1. The first-order valence-corrected chi connectivity index (χ1v) is 9.99. The van der Waals surface area contributed by atoms with E-state index in [9.17, 15) is 14.4 Å². The average molecular weight is 435 g/mol. The number of benzene rings is 2. The molecule has 0 aromatic heterocycles. The van der Waals surface area contributed by atoms with Crippen molar-refractivity contribution >= 4 is 29.5 Å². The molecule has 0 fully saturated rings. The number of rotatable bonds is 6. The van der Waals surface area contributed by atoms with Gasteiger partial charge in [0.2, 0.25) is 5.78 Å². The van der Waals surface area contributed by atoms with Crippen molar-refractivity contribution in [2.75, 3.05) is 25.7 Å². The van der Waals surface area contributed by atoms with E-state index >= 15 is 0 Å². The number of ether oxygens (including phenoxy) is 3. The molecule has 0 spiro atoms. The fourth-order valence-electron chi connectivity index (χ4n) is 3.59. The summed E-state index contributed by atoms with van der Waals surface area (Å²) in [6.07, 6.45) is 1.71. The van der Waals surface area contributed by atoms with E-state index in [2.05, 4.69) is 4.74 Å². The maximum absolute atomic E-state index is 13.2. The second-order valence-electron chi connectivity index (χ2n) is 7.43. The largest absolute Gasteiger partial charge is 0.482 e. The van der Waals surface area contributed by atoms with E-state index in [0.29, 0.717) is 17.1 Å². The summed E-state index contributed by atoms with van der Waals surface area (Å²) in [5, 5.41) is 0. The van der Waals surface area contributed by atoms with Gasteiger partial charge in [-0.1, -0.05) is 18.2 Å². The smallest absolute Gasteiger partial charge is 0.343 e. The quantitative estimate of drug-likeness (QED) is 0.388. The summed E-state index contributed by atoms with van der Waals surface area (Å²) in [5.74, 6) is -1.06. The zero-order valence-electron chi connectivity index (χ0n) is 18.7. The average Bonchev–Trinajstić information content (AvgIpc) is 3.01. The standard InChI is InChI=1S/C25H25NO6/c1-15-10-16(2)12-19(11-15)26-17(3)23(25(29)31-5)24(28)21(26)13-18-6-8-20(9-7-18)32-14-22(27)30-4/h6-13H,14H2,1-5H3. The molecule has 0 amide bonds. The Morgan fingerprint density at radius 2 is 1.56 bits per heavy atom. The Morgan fingerprint density at radius 1 is 0.938 bits per heavy atom. The lowest BCUT2D eigenvalue weighted by atomic mass is 10.1. The van der Waals surface area contributed by atoms with Gasteiger partial charge in [0.25, 0.3) is 0 Å². The first-order valence-electron chi connectivity index (χ1n) is 9.99. The number of carbonyl (C=O) groups excluding carboxylic acids is 3. The highest BCUT2D eigenvalue weighted by Crippen LogP contribution is 2.36. The topological polar surface area (TPSA) is 82.1 Å². The van der Waals surface area contributed by atoms with Gasteiger partial charge in [0.15, 0.2) is 6.61 Å². The third-order valence-electron chi connectivity index (χ3n) is 5.02. The van der Waals surface area contributed by atoms with E-state index in [1.165, 1.54) is 14.2 Å². The molecule has 3 rings (SSSR count). The van der Waals surface area contributed by atoms with E-state index in [4.69, 9.17) is 9.47 Å². The molecule has 0 N–H and O–H groups in total. The predicted molar refractivity (Wildman–Crippen MR) is 120 cm³/mol. The highest BCUT2D eigenvalue weighted by molar-refractivity contribution is 6.30. The van der Waals surface area contributed by atoms with Gasteiger partial charge < -0.3 is 19.1 Å². The Labute approximate surface area is 186 Å². The SMILES string of the molecule is COC(=O)COc1ccc(C=C2C(=O)C(C(=O)OC)=C(C)N2c2cc(C)cc(C)c2)cc1. The van der Waals surface area contributed by atoms with E-state index in [1.807, 2.05) is 32.0 Å². The molecule has 0 aliphatic carbocycles. The van der Waals surface area contributed by atoms with Crippen LogP contribution >= 0.6 is 0 Å². The number of anilines is 1. The second-order valence-corrected chi connectivity index (χ2v) is 7.43. The molecule has 0 atom stereocenters. The zero-order chi connectivity index (χ0) is 23.4. The number of esters is 2. The zero-order valence-corrected chi connectivity index (χ0v) is 18.7. The number of methoxy groups -OCH3 is 2. The normalized spacial score (nSPS) is 14.7. The maximum atomic E-state index is 13.2. The third-order valence-corrected chi connectivity index (χ3v) is 5.02. The number of hydrogen-bond acceptors (Lipinski definition) is 7. The van der Waals surface area contributed by atoms with Crippen LogP contribution in [-0.2, 0) is 23.9 Å². The molecule has 0 saturated heterocycles. The minimum absolute atomic E-state index is 0.0101. The van der Waals surface area contributed by atoms with Crippen molar-refractivity contribution in [3.63, 3.8) is 0 Å². The molecule has 0 unspecified atom stereocenters. The molecule has 2 aromatic rings. The summed E-state index contributed by atoms with van der Waals surface area (Å²) in [4.78, 5) is 38.5. The lowest BCUT2D eigenvalue weighted by molar-refractivity contribution is -0.143. The van der Waals surface area contributed by atoms with E-state index < -0.39 is 17.7 Å². The van der Waals surface area contributed by atoms with Crippen LogP contribution in [-0.4, -0.2) is 38.5 Å². The summed E-state index contributed by atoms with van der Waals surface area (Å²) in [6, 6.07) is 12.9. The molecule has 1 aliphatic rings. The Bertz CT molecular complexity index is 1110. The van der Waals surface area contributed by atoms with Crippen LogP contribution in [0.4, 0.5) is 5.69 Å². The molecular formula is C25H25NO6. The molecule has 7 nitrogen and oxygen atoms in total. The van der Waals surface area contributed by atoms with Crippen LogP contribution in [0.25, 0.3) is 6.08 Å². The van der Waals surface area contributed by atoms with Gasteiger partial charge in [0.05, 0.1) is 19.9 Å². The van der Waals surface area contributed by atoms with Gasteiger partial charge in [-0.05, 0) is 67.8 Å². The van der Waals surface area contributed by atoms with Crippen LogP contribution in [0.15, 0.2) is 59.4 Å². The van der Waals surface area contributed by atoms with Crippen LogP contribution in [0, 0.1) is 13.8 Å². The number of hydrogen-bond donors (Lipinski definition) is 0. The summed E-state index contributed by atoms with van der Waals surface area (Å²) < 4.78 is 14.8. The van der Waals surface area contributed by atoms with Gasteiger partial charge in [-0.25, -0.2) is 9.59 Å². The van der Waals surface area contributed by atoms with E-state index in [0.717, 1.165) is 22.4 Å². The first-order chi connectivity index (χ1) is 15.2. The summed E-state index contributed by atoms with van der Waals surface area (Å²) in [6.45, 7) is 5.49. The fraction of sp³-hybridized carbons (Fsp3) is 0.240. The molecule has 1 aliphatic heterocycles. The minimum Gasteiger partial charge on any atom is -0.482 e. The van der Waals surface area contributed by atoms with Crippen molar-refractivity contribution < 1.29 is 28.6 Å². The number of carbonyl (C=O) groups is 3. The van der Waals surface area contributed by atoms with Crippen LogP contribution in [0.2, 0.25) is 0 Å². The highest BCUT2D eigenvalue weighted by Gasteiger charge is 2.38. The highest BCUT2D eigenvalue weighted by atomic mass is 16.6. The molecule has 1 heterocycles. The number of ketones is 1. The molecule has 0 bridgehead atoms. The van der Waals surface area contributed by atoms with Gasteiger partial charge in [-0.3, -0.25) is 4.79 Å². The van der Waals surface area contributed by atoms with Crippen LogP contribution in [0.1, 0.15) is 23.6 Å². The summed E-state index contributed by atoms with van der Waals surface area (Å²) >= 11 is 0. The van der Waals surface area contributed by atoms with Crippen molar-refractivity contribution in [2.24, 2.45) is 0 Å². The van der Waals surface area contributed by atoms with Gasteiger partial charge in [0, 0.05) is 11.4 Å². The molecule has 0 radical (unpaired) electrons. The van der Waals surface area contributed by atoms with Crippen molar-refractivity contribution in [2.45, 2.75) is 20.8 Å². The number of allylic oxidation sites excluding steroid dienone is 2. The number of aryl methyl sites for hydroxylation is 2. The molecule has 7 heteroatoms. The molecular weight excluding hydrogens is 410 g/mol. The van der Waals surface area contributed by atoms with E-state index in [-0.39, 0.29) is 12.2 Å². The Morgan fingerprint density at radius 3 is 2.12 bits per heavy atom. The Kier molecular flexibility index (Phi) is 6.78. The van der Waals surface area contributed by atoms with Crippen molar-refractivity contribution in [3.8, 4) is 5.75 Å². The lowest BCUT2D eigenvalue weighted by Crippen LogP contribution is -2.18. The lowest BCUT2D eigenvalue weighted by Gasteiger charge is -2.22.